The van der Waals surface area contributed by atoms with Gasteiger partial charge in [-0.25, -0.2) is 0 Å². The Labute approximate surface area is 223 Å². The Bertz CT molecular complexity index is 473. The molecule has 0 radical (unpaired) electrons. The van der Waals surface area contributed by atoms with Crippen LogP contribution in [0.1, 0.15) is 118 Å². The molecular weight excluding hydrogens is 452 g/mol. The first-order valence-corrected chi connectivity index (χ1v) is 14.9. The van der Waals surface area contributed by atoms with Gasteiger partial charge in [0.1, 0.15) is 0 Å². The van der Waals surface area contributed by atoms with Gasteiger partial charge in [-0.3, -0.25) is 4.79 Å². The van der Waals surface area contributed by atoms with Crippen molar-refractivity contribution < 1.29 is 23.7 Å². The van der Waals surface area contributed by atoms with Gasteiger partial charge in [0.15, 0.2) is 5.78 Å². The molecule has 2 atom stereocenters. The zero-order chi connectivity index (χ0) is 26.5. The zero-order valence-electron chi connectivity index (χ0n) is 24.1. The lowest BCUT2D eigenvalue weighted by atomic mass is 10.1. The summed E-state index contributed by atoms with van der Waals surface area (Å²) in [6.07, 6.45) is 22.0. The summed E-state index contributed by atoms with van der Waals surface area (Å²) in [6.45, 7) is 13.5. The molecule has 0 aliphatic carbocycles. The van der Waals surface area contributed by atoms with Crippen LogP contribution >= 0.6 is 0 Å². The van der Waals surface area contributed by atoms with E-state index in [0.717, 1.165) is 130 Å². The summed E-state index contributed by atoms with van der Waals surface area (Å²) < 4.78 is 23.5. The summed E-state index contributed by atoms with van der Waals surface area (Å²) in [5, 5.41) is 0. The molecular formula is C31H58O5. The van der Waals surface area contributed by atoms with Crippen LogP contribution in [0.25, 0.3) is 0 Å². The first-order chi connectivity index (χ1) is 17.7. The maximum Gasteiger partial charge on any atom is 0.178 e. The van der Waals surface area contributed by atoms with Crippen LogP contribution in [0.2, 0.25) is 0 Å². The minimum absolute atomic E-state index is 0.0282. The highest BCUT2D eigenvalue weighted by Crippen LogP contribution is 2.12. The first-order valence-electron chi connectivity index (χ1n) is 14.9. The van der Waals surface area contributed by atoms with Crippen LogP contribution < -0.4 is 0 Å². The van der Waals surface area contributed by atoms with Gasteiger partial charge in [-0.1, -0.05) is 65.5 Å². The van der Waals surface area contributed by atoms with E-state index in [1.54, 1.807) is 12.2 Å². The average molecular weight is 511 g/mol. The van der Waals surface area contributed by atoms with E-state index in [4.69, 9.17) is 18.9 Å². The van der Waals surface area contributed by atoms with Crippen LogP contribution in [0.3, 0.4) is 0 Å². The Hall–Kier alpha value is -1.01. The van der Waals surface area contributed by atoms with Crippen molar-refractivity contribution in [2.75, 3.05) is 39.6 Å². The van der Waals surface area contributed by atoms with Crippen LogP contribution in [0, 0.1) is 0 Å². The number of rotatable bonds is 28. The minimum Gasteiger partial charge on any atom is -0.381 e. The van der Waals surface area contributed by atoms with Crippen molar-refractivity contribution >= 4 is 5.78 Å². The van der Waals surface area contributed by atoms with E-state index in [1.807, 2.05) is 12.2 Å². The lowest BCUT2D eigenvalue weighted by Gasteiger charge is -2.16. The maximum absolute atomic E-state index is 12.4. The SMILES string of the molecule is CCCCOCCC[C@H](C/C=C/C(=O)/C=C/C[C@@H](CCCOCCCC)OCCCC)OCCCC. The molecule has 5 heteroatoms. The molecule has 0 saturated carbocycles. The average Bonchev–Trinajstić information content (AvgIpc) is 2.87. The molecule has 0 aromatic carbocycles. The molecule has 0 saturated heterocycles. The standard InChI is InChI=1S/C31H58O5/c1-5-9-23-33-25-15-21-30(35-27-11-7-3)19-13-17-29(32)18-14-20-31(36-28-12-8-4)22-16-26-34-24-10-6-2/h13-14,17-18,30-31H,5-12,15-16,19-28H2,1-4H3/b17-13+,18-14+/t30-,31-/m0/s1. The quantitative estimate of drug-likeness (QED) is 0.0788. The molecule has 0 aromatic heterocycles. The zero-order valence-corrected chi connectivity index (χ0v) is 24.1. The third-order valence-electron chi connectivity index (χ3n) is 5.98. The monoisotopic (exact) mass is 510 g/mol. The summed E-state index contributed by atoms with van der Waals surface area (Å²) in [7, 11) is 0. The molecule has 0 unspecified atom stereocenters. The van der Waals surface area contributed by atoms with Crippen molar-refractivity contribution in [2.24, 2.45) is 0 Å². The smallest absolute Gasteiger partial charge is 0.178 e. The minimum atomic E-state index is 0.0282. The van der Waals surface area contributed by atoms with E-state index < -0.39 is 0 Å². The third-order valence-corrected chi connectivity index (χ3v) is 5.98. The summed E-state index contributed by atoms with van der Waals surface area (Å²) >= 11 is 0. The predicted molar refractivity (Wildman–Crippen MR) is 152 cm³/mol. The highest BCUT2D eigenvalue weighted by molar-refractivity contribution is 5.99. The first kappa shape index (κ1) is 35.0. The van der Waals surface area contributed by atoms with Crippen molar-refractivity contribution in [3.05, 3.63) is 24.3 Å². The lowest BCUT2D eigenvalue weighted by Crippen LogP contribution is -2.14. The Kier molecular flexibility index (Phi) is 27.8. The van der Waals surface area contributed by atoms with Gasteiger partial charge in [0.05, 0.1) is 12.2 Å². The number of carbonyl (C=O) groups is 1. The van der Waals surface area contributed by atoms with E-state index in [1.165, 1.54) is 0 Å². The highest BCUT2D eigenvalue weighted by Gasteiger charge is 2.09. The number of hydrogen-bond acceptors (Lipinski definition) is 5. The summed E-state index contributed by atoms with van der Waals surface area (Å²) in [4.78, 5) is 12.4. The van der Waals surface area contributed by atoms with E-state index in [-0.39, 0.29) is 18.0 Å². The molecule has 0 N–H and O–H groups in total. The van der Waals surface area contributed by atoms with Gasteiger partial charge in [-0.2, -0.15) is 0 Å². The fourth-order valence-electron chi connectivity index (χ4n) is 3.58. The second-order valence-corrected chi connectivity index (χ2v) is 9.59. The van der Waals surface area contributed by atoms with E-state index >= 15 is 0 Å². The normalized spacial score (nSPS) is 13.7. The fourth-order valence-corrected chi connectivity index (χ4v) is 3.58. The second kappa shape index (κ2) is 28.6. The van der Waals surface area contributed by atoms with Crippen LogP contribution in [-0.4, -0.2) is 57.6 Å². The number of ketones is 1. The lowest BCUT2D eigenvalue weighted by molar-refractivity contribution is -0.110. The number of carbonyl (C=O) groups excluding carboxylic acids is 1. The Balaban J connectivity index is 4.43. The van der Waals surface area contributed by atoms with Gasteiger partial charge in [-0.05, 0) is 76.4 Å². The van der Waals surface area contributed by atoms with Gasteiger partial charge in [0, 0.05) is 39.6 Å². The van der Waals surface area contributed by atoms with Crippen LogP contribution in [0.15, 0.2) is 24.3 Å². The Morgan fingerprint density at radius 2 is 0.917 bits per heavy atom. The molecule has 0 aliphatic heterocycles. The molecule has 0 aliphatic rings. The maximum atomic E-state index is 12.4. The van der Waals surface area contributed by atoms with Crippen LogP contribution in [0.4, 0.5) is 0 Å². The van der Waals surface area contributed by atoms with Crippen molar-refractivity contribution in [3.63, 3.8) is 0 Å². The van der Waals surface area contributed by atoms with E-state index in [0.29, 0.717) is 0 Å². The van der Waals surface area contributed by atoms with Gasteiger partial charge >= 0.3 is 0 Å². The van der Waals surface area contributed by atoms with Gasteiger partial charge in [-0.15, -0.1) is 0 Å². The predicted octanol–water partition coefficient (Wildman–Crippen LogP) is 8.01. The number of unbranched alkanes of at least 4 members (excludes halogenated alkanes) is 4. The second-order valence-electron chi connectivity index (χ2n) is 9.59. The number of hydrogen-bond donors (Lipinski definition) is 0. The molecule has 36 heavy (non-hydrogen) atoms. The highest BCUT2D eigenvalue weighted by atomic mass is 16.5. The van der Waals surface area contributed by atoms with Crippen molar-refractivity contribution in [1.29, 1.82) is 0 Å². The molecule has 0 rings (SSSR count). The molecule has 0 bridgehead atoms. The molecule has 0 heterocycles. The van der Waals surface area contributed by atoms with Crippen molar-refractivity contribution in [1.82, 2.24) is 0 Å². The van der Waals surface area contributed by atoms with Gasteiger partial charge in [0.2, 0.25) is 0 Å². The third kappa shape index (κ3) is 24.7. The summed E-state index contributed by atoms with van der Waals surface area (Å²) in [6, 6.07) is 0. The molecule has 0 spiro atoms. The summed E-state index contributed by atoms with van der Waals surface area (Å²) in [5.41, 5.74) is 0. The molecule has 5 nitrogen and oxygen atoms in total. The number of allylic oxidation sites excluding steroid dienone is 2. The van der Waals surface area contributed by atoms with Gasteiger partial charge in [0.25, 0.3) is 0 Å². The van der Waals surface area contributed by atoms with E-state index in [9.17, 15) is 4.79 Å². The number of ether oxygens (including phenoxy) is 4. The van der Waals surface area contributed by atoms with Crippen molar-refractivity contribution in [2.45, 2.75) is 130 Å². The summed E-state index contributed by atoms with van der Waals surface area (Å²) in [5.74, 6) is 0.0282. The topological polar surface area (TPSA) is 54.0 Å². The molecule has 0 fully saturated rings. The fraction of sp³-hybridized carbons (Fsp3) is 0.839. The van der Waals surface area contributed by atoms with E-state index in [2.05, 4.69) is 27.7 Å². The molecule has 0 aromatic rings. The Morgan fingerprint density at radius 1 is 0.556 bits per heavy atom. The molecule has 212 valence electrons. The Morgan fingerprint density at radius 3 is 1.31 bits per heavy atom. The largest absolute Gasteiger partial charge is 0.381 e. The van der Waals surface area contributed by atoms with Crippen LogP contribution in [-0.2, 0) is 23.7 Å². The van der Waals surface area contributed by atoms with Gasteiger partial charge < -0.3 is 18.9 Å². The van der Waals surface area contributed by atoms with Crippen molar-refractivity contribution in [3.8, 4) is 0 Å². The molecule has 0 amide bonds. The van der Waals surface area contributed by atoms with Crippen LogP contribution in [0.5, 0.6) is 0 Å².